The molecule has 0 radical (unpaired) electrons. The highest BCUT2D eigenvalue weighted by atomic mass is 32.2. The molecule has 0 saturated heterocycles. The lowest BCUT2D eigenvalue weighted by Crippen LogP contribution is -2.55. The summed E-state index contributed by atoms with van der Waals surface area (Å²) in [6.45, 7) is 5.43. The van der Waals surface area contributed by atoms with Gasteiger partial charge in [0.1, 0.15) is 12.6 Å². The maximum Gasteiger partial charge on any atom is 0.304 e. The molecule has 44 heavy (non-hydrogen) atoms. The topological polar surface area (TPSA) is 90.0 Å². The van der Waals surface area contributed by atoms with Gasteiger partial charge in [-0.05, 0) is 61.9 Å². The molecule has 3 aromatic carbocycles. The number of hydrogen-bond acceptors (Lipinski definition) is 4. The Morgan fingerprint density at radius 2 is 1.50 bits per heavy atom. The number of nitrogens with zero attached hydrogens (tertiary/aromatic N) is 3. The van der Waals surface area contributed by atoms with E-state index in [4.69, 9.17) is 0 Å². The molecule has 2 amide bonds. The molecule has 3 aromatic rings. The second-order valence-corrected chi connectivity index (χ2v) is 14.2. The fourth-order valence-corrected chi connectivity index (χ4v) is 6.91. The number of carbonyl (C=O) groups excluding carboxylic acids is 2. The third kappa shape index (κ3) is 8.48. The van der Waals surface area contributed by atoms with Crippen LogP contribution in [0.2, 0.25) is 0 Å². The summed E-state index contributed by atoms with van der Waals surface area (Å²) >= 11 is 0. The number of benzene rings is 3. The number of aryl methyl sites for hydroxylation is 3. The molecule has 9 heteroatoms. The van der Waals surface area contributed by atoms with Gasteiger partial charge in [-0.3, -0.25) is 9.59 Å². The van der Waals surface area contributed by atoms with Crippen LogP contribution >= 0.6 is 0 Å². The number of hydrogen-bond donors (Lipinski definition) is 1. The van der Waals surface area contributed by atoms with Crippen LogP contribution in [-0.4, -0.2) is 62.2 Å². The summed E-state index contributed by atoms with van der Waals surface area (Å²) < 4.78 is 29.7. The fraction of sp³-hybridized carbons (Fsp3) is 0.429. The average molecular weight is 619 g/mol. The third-order valence-corrected chi connectivity index (χ3v) is 10.1. The van der Waals surface area contributed by atoms with E-state index >= 15 is 0 Å². The molecule has 0 spiro atoms. The van der Waals surface area contributed by atoms with Gasteiger partial charge >= 0.3 is 10.2 Å². The number of nitrogens with one attached hydrogen (secondary N) is 1. The van der Waals surface area contributed by atoms with E-state index in [-0.39, 0.29) is 18.5 Å². The predicted molar refractivity (Wildman–Crippen MR) is 177 cm³/mol. The van der Waals surface area contributed by atoms with Crippen LogP contribution in [0.3, 0.4) is 0 Å². The second kappa shape index (κ2) is 14.9. The summed E-state index contributed by atoms with van der Waals surface area (Å²) in [5.74, 6) is -0.659. The summed E-state index contributed by atoms with van der Waals surface area (Å²) in [5.41, 5.74) is 4.88. The quantitative estimate of drug-likeness (QED) is 0.298. The first-order valence-corrected chi connectivity index (χ1v) is 16.8. The van der Waals surface area contributed by atoms with Crippen molar-refractivity contribution in [3.05, 3.63) is 101 Å². The minimum Gasteiger partial charge on any atom is -0.352 e. The van der Waals surface area contributed by atoms with Crippen molar-refractivity contribution >= 4 is 27.7 Å². The zero-order chi connectivity index (χ0) is 31.9. The maximum atomic E-state index is 14.5. The van der Waals surface area contributed by atoms with Crippen molar-refractivity contribution in [3.63, 3.8) is 0 Å². The Labute approximate surface area is 263 Å². The normalized spacial score (nSPS) is 14.7. The van der Waals surface area contributed by atoms with E-state index in [1.54, 1.807) is 11.0 Å². The molecule has 1 atom stereocenters. The van der Waals surface area contributed by atoms with Crippen LogP contribution < -0.4 is 9.62 Å². The molecule has 0 bridgehead atoms. The van der Waals surface area contributed by atoms with Crippen molar-refractivity contribution in [2.45, 2.75) is 77.9 Å². The minimum absolute atomic E-state index is 0.0611. The van der Waals surface area contributed by atoms with Crippen LogP contribution in [0.1, 0.15) is 59.9 Å². The van der Waals surface area contributed by atoms with Crippen molar-refractivity contribution in [2.24, 2.45) is 0 Å². The second-order valence-electron chi connectivity index (χ2n) is 12.1. The highest BCUT2D eigenvalue weighted by Gasteiger charge is 2.36. The minimum atomic E-state index is -4.05. The monoisotopic (exact) mass is 618 g/mol. The summed E-state index contributed by atoms with van der Waals surface area (Å²) in [7, 11) is -1.14. The maximum absolute atomic E-state index is 14.5. The smallest absolute Gasteiger partial charge is 0.304 e. The molecule has 1 fully saturated rings. The Bertz CT molecular complexity index is 1540. The van der Waals surface area contributed by atoms with Crippen molar-refractivity contribution < 1.29 is 18.0 Å². The van der Waals surface area contributed by atoms with Crippen molar-refractivity contribution in [1.29, 1.82) is 0 Å². The summed E-state index contributed by atoms with van der Waals surface area (Å²) in [6.07, 6.45) is 5.42. The number of rotatable bonds is 12. The van der Waals surface area contributed by atoms with E-state index in [2.05, 4.69) is 5.32 Å². The van der Waals surface area contributed by atoms with Crippen LogP contribution in [0, 0.1) is 20.8 Å². The molecule has 1 N–H and O–H groups in total. The van der Waals surface area contributed by atoms with E-state index < -0.39 is 28.7 Å². The van der Waals surface area contributed by atoms with E-state index in [1.165, 1.54) is 18.4 Å². The molecule has 0 aliphatic heterocycles. The number of carbonyl (C=O) groups is 2. The number of anilines is 1. The standard InChI is InChI=1S/C35H46N4O4S/c1-26-13-12-16-30(21-26)24-38(33(23-29-14-8-6-9-15-29)35(41)36-31-17-10-7-11-18-31)34(40)25-39(44(42,43)37(4)5)32-22-27(2)19-20-28(32)3/h6,8-9,12-16,19-22,31,33H,7,10-11,17-18,23-25H2,1-5H3,(H,36,41)/t33-/m1/s1. The van der Waals surface area contributed by atoms with Crippen molar-refractivity contribution in [2.75, 3.05) is 24.9 Å². The highest BCUT2D eigenvalue weighted by Crippen LogP contribution is 2.27. The SMILES string of the molecule is Cc1cccc(CN(C(=O)CN(c2cc(C)ccc2C)S(=O)(=O)N(C)C)[C@H](Cc2ccccc2)C(=O)NC2CCCCC2)c1. The molecule has 1 aliphatic carbocycles. The Morgan fingerprint density at radius 1 is 0.841 bits per heavy atom. The van der Waals surface area contributed by atoms with E-state index in [0.29, 0.717) is 12.1 Å². The summed E-state index contributed by atoms with van der Waals surface area (Å²) in [6, 6.07) is 22.3. The third-order valence-electron chi connectivity index (χ3n) is 8.31. The van der Waals surface area contributed by atoms with Gasteiger partial charge in [-0.25, -0.2) is 4.31 Å². The molecule has 0 heterocycles. The lowest BCUT2D eigenvalue weighted by Gasteiger charge is -2.36. The van der Waals surface area contributed by atoms with Crippen LogP contribution in [0.15, 0.2) is 72.8 Å². The molecule has 0 aromatic heterocycles. The van der Waals surface area contributed by atoms with Gasteiger partial charge in [-0.15, -0.1) is 0 Å². The van der Waals surface area contributed by atoms with Gasteiger partial charge in [-0.1, -0.05) is 91.6 Å². The highest BCUT2D eigenvalue weighted by molar-refractivity contribution is 7.90. The van der Waals surface area contributed by atoms with Gasteiger partial charge in [0.2, 0.25) is 11.8 Å². The molecule has 4 rings (SSSR count). The Morgan fingerprint density at radius 3 is 2.16 bits per heavy atom. The van der Waals surface area contributed by atoms with Crippen LogP contribution in [0.5, 0.6) is 0 Å². The van der Waals surface area contributed by atoms with E-state index in [1.807, 2.05) is 87.5 Å². The van der Waals surface area contributed by atoms with Crippen LogP contribution in [0.25, 0.3) is 0 Å². The van der Waals surface area contributed by atoms with E-state index in [0.717, 1.165) is 64.2 Å². The lowest BCUT2D eigenvalue weighted by molar-refractivity contribution is -0.140. The molecule has 0 unspecified atom stereocenters. The average Bonchev–Trinajstić information content (AvgIpc) is 2.99. The molecule has 8 nitrogen and oxygen atoms in total. The van der Waals surface area contributed by atoms with Gasteiger partial charge in [0.25, 0.3) is 0 Å². The first-order valence-electron chi connectivity index (χ1n) is 15.4. The van der Waals surface area contributed by atoms with Gasteiger partial charge in [-0.2, -0.15) is 12.7 Å². The number of amides is 2. The fourth-order valence-electron chi connectivity index (χ4n) is 5.80. The molecule has 1 aliphatic rings. The molecule has 1 saturated carbocycles. The first-order chi connectivity index (χ1) is 21.0. The zero-order valence-electron chi connectivity index (χ0n) is 26.6. The molecular formula is C35H46N4O4S. The van der Waals surface area contributed by atoms with Crippen molar-refractivity contribution in [3.8, 4) is 0 Å². The molecule has 236 valence electrons. The van der Waals surface area contributed by atoms with E-state index in [9.17, 15) is 18.0 Å². The Hall–Kier alpha value is -3.69. The summed E-state index contributed by atoms with van der Waals surface area (Å²) in [5, 5.41) is 3.25. The predicted octanol–water partition coefficient (Wildman–Crippen LogP) is 5.31. The van der Waals surface area contributed by atoms with Gasteiger partial charge in [0, 0.05) is 33.1 Å². The first kappa shape index (κ1) is 33.2. The van der Waals surface area contributed by atoms with Gasteiger partial charge in [0.05, 0.1) is 5.69 Å². The Kier molecular flexibility index (Phi) is 11.2. The van der Waals surface area contributed by atoms with Crippen molar-refractivity contribution in [1.82, 2.24) is 14.5 Å². The molecular weight excluding hydrogens is 572 g/mol. The van der Waals surface area contributed by atoms with Crippen LogP contribution in [-0.2, 0) is 32.8 Å². The zero-order valence-corrected chi connectivity index (χ0v) is 27.4. The largest absolute Gasteiger partial charge is 0.352 e. The Balaban J connectivity index is 1.78. The van der Waals surface area contributed by atoms with Gasteiger partial charge < -0.3 is 10.2 Å². The van der Waals surface area contributed by atoms with Gasteiger partial charge in [0.15, 0.2) is 0 Å². The summed E-state index contributed by atoms with van der Waals surface area (Å²) in [4.78, 5) is 30.2. The van der Waals surface area contributed by atoms with Crippen LogP contribution in [0.4, 0.5) is 5.69 Å². The lowest BCUT2D eigenvalue weighted by atomic mass is 9.94.